The molecule has 0 saturated carbocycles. The van der Waals surface area contributed by atoms with Gasteiger partial charge in [-0.05, 0) is 12.1 Å². The second-order valence-electron chi connectivity index (χ2n) is 3.56. The lowest BCUT2D eigenvalue weighted by molar-refractivity contribution is -0.117. The molecule has 16 heavy (non-hydrogen) atoms. The Bertz CT molecular complexity index is 431. The Morgan fingerprint density at radius 2 is 2.44 bits per heavy atom. The summed E-state index contributed by atoms with van der Waals surface area (Å²) in [5, 5.41) is 2.75. The van der Waals surface area contributed by atoms with Crippen molar-refractivity contribution < 1.29 is 13.9 Å². The van der Waals surface area contributed by atoms with E-state index in [1.54, 1.807) is 12.1 Å². The van der Waals surface area contributed by atoms with Crippen molar-refractivity contribution in [3.63, 3.8) is 0 Å². The van der Waals surface area contributed by atoms with Crippen molar-refractivity contribution in [2.24, 2.45) is 0 Å². The van der Waals surface area contributed by atoms with E-state index in [1.807, 2.05) is 0 Å². The predicted molar refractivity (Wildman–Crippen MR) is 57.6 cm³/mol. The van der Waals surface area contributed by atoms with Crippen LogP contribution in [0.4, 0.5) is 4.39 Å². The summed E-state index contributed by atoms with van der Waals surface area (Å²) < 4.78 is 18.7. The average molecular weight is 221 g/mol. The molecule has 0 bridgehead atoms. The van der Waals surface area contributed by atoms with Crippen molar-refractivity contribution in [3.05, 3.63) is 42.2 Å². The first-order valence-electron chi connectivity index (χ1n) is 5.06. The van der Waals surface area contributed by atoms with Gasteiger partial charge < -0.3 is 10.1 Å². The smallest absolute Gasteiger partial charge is 0.243 e. The lowest BCUT2D eigenvalue weighted by atomic mass is 10.0. The molecule has 0 spiro atoms. The average Bonchev–Trinajstić information content (AvgIpc) is 2.30. The first-order valence-corrected chi connectivity index (χ1v) is 5.06. The number of rotatable bonds is 2. The molecule has 1 amide bonds. The lowest BCUT2D eigenvalue weighted by Gasteiger charge is -2.26. The van der Waals surface area contributed by atoms with Crippen LogP contribution in [-0.4, -0.2) is 12.5 Å². The molecule has 0 aromatic heterocycles. The highest BCUT2D eigenvalue weighted by Gasteiger charge is 2.24. The number of halogens is 1. The number of amides is 1. The van der Waals surface area contributed by atoms with Gasteiger partial charge in [-0.2, -0.15) is 0 Å². The van der Waals surface area contributed by atoms with Crippen LogP contribution in [-0.2, 0) is 4.79 Å². The van der Waals surface area contributed by atoms with Gasteiger partial charge in [-0.1, -0.05) is 18.7 Å². The van der Waals surface area contributed by atoms with Gasteiger partial charge in [0.05, 0.1) is 12.6 Å². The number of hydrogen-bond donors (Lipinski definition) is 1. The van der Waals surface area contributed by atoms with Crippen molar-refractivity contribution in [3.8, 4) is 5.75 Å². The van der Waals surface area contributed by atoms with E-state index in [1.165, 1.54) is 12.1 Å². The Morgan fingerprint density at radius 1 is 1.62 bits per heavy atom. The molecule has 1 heterocycles. The summed E-state index contributed by atoms with van der Waals surface area (Å²) in [5.74, 6) is -0.416. The number of para-hydroxylation sites is 1. The molecule has 1 aliphatic heterocycles. The van der Waals surface area contributed by atoms with E-state index in [9.17, 15) is 9.18 Å². The van der Waals surface area contributed by atoms with Gasteiger partial charge >= 0.3 is 0 Å². The Morgan fingerprint density at radius 3 is 3.19 bits per heavy atom. The predicted octanol–water partition coefficient (Wildman–Crippen LogP) is 1.95. The Balaban J connectivity index is 2.29. The fraction of sp³-hybridized carbons (Fsp3) is 0.250. The van der Waals surface area contributed by atoms with E-state index in [0.29, 0.717) is 18.6 Å². The van der Waals surface area contributed by atoms with Gasteiger partial charge in [0.25, 0.3) is 0 Å². The van der Waals surface area contributed by atoms with E-state index >= 15 is 0 Å². The molecule has 0 aliphatic carbocycles. The van der Waals surface area contributed by atoms with Crippen LogP contribution in [0.25, 0.3) is 0 Å². The van der Waals surface area contributed by atoms with E-state index in [4.69, 9.17) is 4.74 Å². The third kappa shape index (κ3) is 1.91. The van der Waals surface area contributed by atoms with Crippen LogP contribution in [0.2, 0.25) is 0 Å². The molecule has 0 saturated heterocycles. The summed E-state index contributed by atoms with van der Waals surface area (Å²) in [5.41, 5.74) is 0.682. The fourth-order valence-corrected chi connectivity index (χ4v) is 1.77. The van der Waals surface area contributed by atoms with Crippen LogP contribution in [0.3, 0.4) is 0 Å². The summed E-state index contributed by atoms with van der Waals surface area (Å²) in [6.45, 7) is 3.78. The molecule has 84 valence electrons. The molecule has 1 aliphatic rings. The lowest BCUT2D eigenvalue weighted by Crippen LogP contribution is -2.31. The van der Waals surface area contributed by atoms with E-state index in [0.717, 1.165) is 0 Å². The largest absolute Gasteiger partial charge is 0.490 e. The minimum atomic E-state index is -0.393. The monoisotopic (exact) mass is 221 g/mol. The molecule has 1 atom stereocenters. The van der Waals surface area contributed by atoms with Crippen LogP contribution in [0.5, 0.6) is 5.75 Å². The third-order valence-corrected chi connectivity index (χ3v) is 2.53. The fourth-order valence-electron chi connectivity index (χ4n) is 1.77. The zero-order valence-electron chi connectivity index (χ0n) is 8.70. The van der Waals surface area contributed by atoms with Gasteiger partial charge in [-0.15, -0.1) is 0 Å². The number of carbonyl (C=O) groups is 1. The minimum Gasteiger partial charge on any atom is -0.490 e. The topological polar surface area (TPSA) is 38.3 Å². The summed E-state index contributed by atoms with van der Waals surface area (Å²) in [4.78, 5) is 11.2. The van der Waals surface area contributed by atoms with Crippen molar-refractivity contribution >= 4 is 5.91 Å². The van der Waals surface area contributed by atoms with Crippen molar-refractivity contribution in [1.29, 1.82) is 0 Å². The van der Waals surface area contributed by atoms with Crippen LogP contribution >= 0.6 is 0 Å². The first kappa shape index (κ1) is 10.7. The second-order valence-corrected chi connectivity index (χ2v) is 3.56. The van der Waals surface area contributed by atoms with Crippen molar-refractivity contribution in [2.45, 2.75) is 12.5 Å². The molecule has 1 aromatic rings. The molecule has 0 radical (unpaired) electrons. The van der Waals surface area contributed by atoms with Gasteiger partial charge in [0.15, 0.2) is 11.6 Å². The second kappa shape index (κ2) is 4.35. The Hall–Kier alpha value is -1.84. The SMILES string of the molecule is C=CC(=O)NC1CCOc2c(F)cccc21. The molecule has 2 rings (SSSR count). The van der Waals surface area contributed by atoms with E-state index in [2.05, 4.69) is 11.9 Å². The van der Waals surface area contributed by atoms with Crippen LogP contribution in [0.15, 0.2) is 30.9 Å². The van der Waals surface area contributed by atoms with Gasteiger partial charge in [0, 0.05) is 12.0 Å². The zero-order valence-corrected chi connectivity index (χ0v) is 8.70. The van der Waals surface area contributed by atoms with Crippen molar-refractivity contribution in [1.82, 2.24) is 5.32 Å². The normalized spacial score (nSPS) is 18.2. The summed E-state index contributed by atoms with van der Waals surface area (Å²) >= 11 is 0. The zero-order chi connectivity index (χ0) is 11.5. The molecular formula is C12H12FNO2. The molecular weight excluding hydrogens is 209 g/mol. The van der Waals surface area contributed by atoms with Crippen LogP contribution in [0.1, 0.15) is 18.0 Å². The number of benzene rings is 1. The highest BCUT2D eigenvalue weighted by molar-refractivity contribution is 5.87. The minimum absolute atomic E-state index is 0.204. The third-order valence-electron chi connectivity index (χ3n) is 2.53. The molecule has 4 heteroatoms. The van der Waals surface area contributed by atoms with E-state index < -0.39 is 5.82 Å². The van der Waals surface area contributed by atoms with Crippen molar-refractivity contribution in [2.75, 3.05) is 6.61 Å². The van der Waals surface area contributed by atoms with Crippen LogP contribution in [0, 0.1) is 5.82 Å². The quantitative estimate of drug-likeness (QED) is 0.775. The maximum atomic E-state index is 13.4. The van der Waals surface area contributed by atoms with Crippen LogP contribution < -0.4 is 10.1 Å². The van der Waals surface area contributed by atoms with Gasteiger partial charge in [0.1, 0.15) is 0 Å². The first-order chi connectivity index (χ1) is 7.72. The van der Waals surface area contributed by atoms with Gasteiger partial charge in [-0.25, -0.2) is 4.39 Å². The summed E-state index contributed by atoms with van der Waals surface area (Å²) in [7, 11) is 0. The number of ether oxygens (including phenoxy) is 1. The number of nitrogens with one attached hydrogen (secondary N) is 1. The maximum absolute atomic E-state index is 13.4. The molecule has 3 nitrogen and oxygen atoms in total. The molecule has 0 fully saturated rings. The highest BCUT2D eigenvalue weighted by Crippen LogP contribution is 2.33. The number of carbonyl (C=O) groups excluding carboxylic acids is 1. The van der Waals surface area contributed by atoms with Gasteiger partial charge in [-0.3, -0.25) is 4.79 Å². The maximum Gasteiger partial charge on any atom is 0.243 e. The molecule has 1 unspecified atom stereocenters. The highest BCUT2D eigenvalue weighted by atomic mass is 19.1. The Labute approximate surface area is 92.9 Å². The summed E-state index contributed by atoms with van der Waals surface area (Å²) in [6.07, 6.45) is 1.84. The number of hydrogen-bond acceptors (Lipinski definition) is 2. The summed E-state index contributed by atoms with van der Waals surface area (Å²) in [6, 6.07) is 4.50. The standard InChI is InChI=1S/C12H12FNO2/c1-2-11(15)14-10-6-7-16-12-8(10)4-3-5-9(12)13/h2-5,10H,1,6-7H2,(H,14,15). The molecule has 1 aromatic carbocycles. The van der Waals surface area contributed by atoms with E-state index in [-0.39, 0.29) is 17.7 Å². The van der Waals surface area contributed by atoms with Gasteiger partial charge in [0.2, 0.25) is 5.91 Å². The Kier molecular flexibility index (Phi) is 2.90. The number of fused-ring (bicyclic) bond motifs is 1. The molecule has 1 N–H and O–H groups in total.